The van der Waals surface area contributed by atoms with E-state index in [4.69, 9.17) is 0 Å². The molecule has 0 aliphatic rings. The predicted molar refractivity (Wildman–Crippen MR) is 69.4 cm³/mol. The second kappa shape index (κ2) is 4.07. The maximum Gasteiger partial charge on any atom is 0.166 e. The van der Waals surface area contributed by atoms with E-state index in [2.05, 4.69) is 15.0 Å². The number of carbonyl (C=O) groups is 1. The lowest BCUT2D eigenvalue weighted by atomic mass is 10.0. The van der Waals surface area contributed by atoms with Crippen LogP contribution in [0, 0.1) is 6.92 Å². The first-order chi connectivity index (χ1) is 8.79. The molecule has 4 heteroatoms. The summed E-state index contributed by atoms with van der Waals surface area (Å²) in [6.45, 7) is 2.03. The van der Waals surface area contributed by atoms with E-state index < -0.39 is 0 Å². The van der Waals surface area contributed by atoms with Gasteiger partial charge in [0.05, 0.1) is 5.69 Å². The van der Waals surface area contributed by atoms with Crippen LogP contribution >= 0.6 is 0 Å². The molecular formula is C14H11N3O. The third kappa shape index (κ3) is 1.59. The Hall–Kier alpha value is -2.49. The molecule has 4 nitrogen and oxygen atoms in total. The van der Waals surface area contributed by atoms with Gasteiger partial charge in [0.2, 0.25) is 0 Å². The number of hydrogen-bond donors (Lipinski definition) is 1. The zero-order valence-electron chi connectivity index (χ0n) is 9.84. The second-order valence-electron chi connectivity index (χ2n) is 4.18. The topological polar surface area (TPSA) is 58.6 Å². The number of aromatic amines is 1. The Bertz CT molecular complexity index is 713. The molecule has 18 heavy (non-hydrogen) atoms. The molecule has 0 radical (unpaired) electrons. The highest BCUT2D eigenvalue weighted by Crippen LogP contribution is 2.30. The van der Waals surface area contributed by atoms with E-state index in [-0.39, 0.29) is 0 Å². The first kappa shape index (κ1) is 10.7. The van der Waals surface area contributed by atoms with Gasteiger partial charge >= 0.3 is 0 Å². The number of aldehydes is 1. The van der Waals surface area contributed by atoms with Crippen LogP contribution in [0.15, 0.2) is 36.8 Å². The lowest BCUT2D eigenvalue weighted by molar-refractivity contribution is 0.112. The van der Waals surface area contributed by atoms with Crippen LogP contribution < -0.4 is 0 Å². The summed E-state index contributed by atoms with van der Waals surface area (Å²) in [5.74, 6) is 0. The van der Waals surface area contributed by atoms with Crippen molar-refractivity contribution >= 4 is 17.3 Å². The van der Waals surface area contributed by atoms with Crippen LogP contribution in [-0.2, 0) is 0 Å². The second-order valence-corrected chi connectivity index (χ2v) is 4.18. The Kier molecular flexibility index (Phi) is 2.41. The Morgan fingerprint density at radius 1 is 1.22 bits per heavy atom. The number of nitrogens with zero attached hydrogens (tertiary/aromatic N) is 2. The van der Waals surface area contributed by atoms with Gasteiger partial charge in [0.25, 0.3) is 0 Å². The van der Waals surface area contributed by atoms with Crippen LogP contribution in [0.1, 0.15) is 16.1 Å². The van der Waals surface area contributed by atoms with Crippen LogP contribution in [0.4, 0.5) is 0 Å². The lowest BCUT2D eigenvalue weighted by Crippen LogP contribution is -1.84. The molecule has 0 saturated heterocycles. The van der Waals surface area contributed by atoms with E-state index in [0.717, 1.165) is 22.8 Å². The van der Waals surface area contributed by atoms with E-state index in [9.17, 15) is 4.79 Å². The average molecular weight is 237 g/mol. The van der Waals surface area contributed by atoms with Gasteiger partial charge in [-0.3, -0.25) is 4.79 Å². The van der Waals surface area contributed by atoms with E-state index in [1.54, 1.807) is 6.20 Å². The molecule has 0 amide bonds. The monoisotopic (exact) mass is 237 g/mol. The molecular weight excluding hydrogens is 226 g/mol. The van der Waals surface area contributed by atoms with Crippen molar-refractivity contribution in [2.24, 2.45) is 0 Å². The SMILES string of the molecule is Cc1ccc(-c2c(C=O)[nH]c3ncncc23)cc1. The molecule has 0 aliphatic heterocycles. The number of aromatic nitrogens is 3. The molecule has 0 atom stereocenters. The van der Waals surface area contributed by atoms with Gasteiger partial charge in [-0.25, -0.2) is 9.97 Å². The first-order valence-electron chi connectivity index (χ1n) is 5.63. The molecule has 0 aliphatic carbocycles. The van der Waals surface area contributed by atoms with E-state index >= 15 is 0 Å². The Balaban J connectivity index is 2.32. The van der Waals surface area contributed by atoms with E-state index in [1.165, 1.54) is 11.9 Å². The van der Waals surface area contributed by atoms with Gasteiger partial charge in [0, 0.05) is 17.1 Å². The molecule has 1 aromatic carbocycles. The van der Waals surface area contributed by atoms with Crippen molar-refractivity contribution in [2.75, 3.05) is 0 Å². The zero-order chi connectivity index (χ0) is 12.5. The summed E-state index contributed by atoms with van der Waals surface area (Å²) in [5, 5.41) is 0.864. The summed E-state index contributed by atoms with van der Waals surface area (Å²) < 4.78 is 0. The van der Waals surface area contributed by atoms with Crippen molar-refractivity contribution in [1.29, 1.82) is 0 Å². The summed E-state index contributed by atoms with van der Waals surface area (Å²) in [6.07, 6.45) is 4.00. The molecule has 0 saturated carbocycles. The Labute approximate surface area is 104 Å². The molecule has 1 N–H and O–H groups in total. The minimum Gasteiger partial charge on any atom is -0.336 e. The quantitative estimate of drug-likeness (QED) is 0.697. The smallest absolute Gasteiger partial charge is 0.166 e. The van der Waals surface area contributed by atoms with Crippen molar-refractivity contribution in [1.82, 2.24) is 15.0 Å². The van der Waals surface area contributed by atoms with E-state index in [0.29, 0.717) is 11.3 Å². The molecule has 2 aromatic heterocycles. The van der Waals surface area contributed by atoms with Crippen LogP contribution in [0.25, 0.3) is 22.2 Å². The van der Waals surface area contributed by atoms with Gasteiger partial charge in [-0.1, -0.05) is 29.8 Å². The zero-order valence-corrected chi connectivity index (χ0v) is 9.84. The van der Waals surface area contributed by atoms with Gasteiger partial charge in [-0.2, -0.15) is 0 Å². The van der Waals surface area contributed by atoms with Crippen molar-refractivity contribution in [3.05, 3.63) is 48.0 Å². The first-order valence-corrected chi connectivity index (χ1v) is 5.63. The van der Waals surface area contributed by atoms with Crippen LogP contribution in [0.5, 0.6) is 0 Å². The fourth-order valence-corrected chi connectivity index (χ4v) is 2.07. The van der Waals surface area contributed by atoms with Gasteiger partial charge < -0.3 is 4.98 Å². The molecule has 3 aromatic rings. The number of hydrogen-bond acceptors (Lipinski definition) is 3. The van der Waals surface area contributed by atoms with Gasteiger partial charge in [0.15, 0.2) is 6.29 Å². The highest BCUT2D eigenvalue weighted by molar-refractivity contribution is 6.02. The molecule has 0 bridgehead atoms. The molecule has 2 heterocycles. The number of rotatable bonds is 2. The third-order valence-electron chi connectivity index (χ3n) is 2.96. The highest BCUT2D eigenvalue weighted by Gasteiger charge is 2.13. The number of carbonyl (C=O) groups excluding carboxylic acids is 1. The molecule has 0 unspecified atom stereocenters. The molecule has 3 rings (SSSR count). The Morgan fingerprint density at radius 3 is 2.72 bits per heavy atom. The summed E-state index contributed by atoms with van der Waals surface area (Å²) in [7, 11) is 0. The van der Waals surface area contributed by atoms with Crippen LogP contribution in [-0.4, -0.2) is 21.2 Å². The van der Waals surface area contributed by atoms with Crippen LogP contribution in [0.2, 0.25) is 0 Å². The number of nitrogens with one attached hydrogen (secondary N) is 1. The standard InChI is InChI=1S/C14H11N3O/c1-9-2-4-10(5-3-9)13-11-6-15-8-16-14(11)17-12(13)7-18/h2-8H,1H3,(H,15,16,17). The molecule has 0 spiro atoms. The summed E-state index contributed by atoms with van der Waals surface area (Å²) in [4.78, 5) is 22.3. The van der Waals surface area contributed by atoms with Gasteiger partial charge in [0.1, 0.15) is 12.0 Å². The number of fused-ring (bicyclic) bond motifs is 1. The average Bonchev–Trinajstić information content (AvgIpc) is 2.78. The molecule has 0 fully saturated rings. The maximum absolute atomic E-state index is 11.2. The number of aryl methyl sites for hydroxylation is 1. The normalized spacial score (nSPS) is 10.7. The fourth-order valence-electron chi connectivity index (χ4n) is 2.07. The molecule has 88 valence electrons. The maximum atomic E-state index is 11.2. The van der Waals surface area contributed by atoms with Crippen molar-refractivity contribution in [3.8, 4) is 11.1 Å². The highest BCUT2D eigenvalue weighted by atomic mass is 16.1. The largest absolute Gasteiger partial charge is 0.336 e. The fraction of sp³-hybridized carbons (Fsp3) is 0.0714. The number of H-pyrrole nitrogens is 1. The summed E-state index contributed by atoms with van der Waals surface area (Å²) in [6, 6.07) is 8.04. The Morgan fingerprint density at radius 2 is 2.00 bits per heavy atom. The van der Waals surface area contributed by atoms with E-state index in [1.807, 2.05) is 31.2 Å². The van der Waals surface area contributed by atoms with Gasteiger partial charge in [-0.15, -0.1) is 0 Å². The van der Waals surface area contributed by atoms with Crippen LogP contribution in [0.3, 0.4) is 0 Å². The number of benzene rings is 1. The van der Waals surface area contributed by atoms with Crippen molar-refractivity contribution in [2.45, 2.75) is 6.92 Å². The summed E-state index contributed by atoms with van der Waals surface area (Å²) >= 11 is 0. The van der Waals surface area contributed by atoms with Gasteiger partial charge in [-0.05, 0) is 12.5 Å². The lowest BCUT2D eigenvalue weighted by Gasteiger charge is -2.01. The third-order valence-corrected chi connectivity index (χ3v) is 2.96. The minimum absolute atomic E-state index is 0.536. The minimum atomic E-state index is 0.536. The predicted octanol–water partition coefficient (Wildman–Crippen LogP) is 2.75. The summed E-state index contributed by atoms with van der Waals surface area (Å²) in [5.41, 5.74) is 4.25. The van der Waals surface area contributed by atoms with Crippen molar-refractivity contribution in [3.63, 3.8) is 0 Å². The van der Waals surface area contributed by atoms with Crippen molar-refractivity contribution < 1.29 is 4.79 Å².